The molecule has 0 N–H and O–H groups in total. The second kappa shape index (κ2) is 6.29. The first kappa shape index (κ1) is 15.5. The zero-order valence-corrected chi connectivity index (χ0v) is 13.4. The number of benzene rings is 1. The maximum Gasteiger partial charge on any atom is 0.254 e. The molecule has 0 atom stereocenters. The quantitative estimate of drug-likeness (QED) is 0.795. The molecule has 0 aromatic heterocycles. The second-order valence-corrected chi connectivity index (χ2v) is 5.90. The van der Waals surface area contributed by atoms with Gasteiger partial charge in [-0.2, -0.15) is 0 Å². The molecular formula is C17H24N2O2. The molecule has 4 nitrogen and oxygen atoms in total. The Bertz CT molecular complexity index is 566. The first-order valence-electron chi connectivity index (χ1n) is 7.53. The highest BCUT2D eigenvalue weighted by atomic mass is 16.2. The normalized spacial score (nSPS) is 15.8. The number of nitrogens with zero attached hydrogens (tertiary/aromatic N) is 2. The third kappa shape index (κ3) is 3.43. The van der Waals surface area contributed by atoms with Crippen LogP contribution in [-0.2, 0) is 4.79 Å². The van der Waals surface area contributed by atoms with Crippen molar-refractivity contribution in [2.75, 3.05) is 26.2 Å². The molecule has 0 unspecified atom stereocenters. The average molecular weight is 288 g/mol. The molecular weight excluding hydrogens is 264 g/mol. The van der Waals surface area contributed by atoms with Crippen LogP contribution >= 0.6 is 0 Å². The van der Waals surface area contributed by atoms with Crippen LogP contribution in [0.3, 0.4) is 0 Å². The van der Waals surface area contributed by atoms with Crippen LogP contribution in [0.5, 0.6) is 0 Å². The minimum absolute atomic E-state index is 0.0843. The molecule has 1 aromatic carbocycles. The Balaban J connectivity index is 2.17. The van der Waals surface area contributed by atoms with Gasteiger partial charge in [-0.1, -0.05) is 6.07 Å². The fourth-order valence-electron chi connectivity index (χ4n) is 2.80. The number of amides is 2. The molecule has 1 heterocycles. The van der Waals surface area contributed by atoms with Gasteiger partial charge < -0.3 is 9.80 Å². The van der Waals surface area contributed by atoms with E-state index in [9.17, 15) is 9.59 Å². The SMILES string of the molecule is CC(=O)N1CCCN(C(=O)c2cc(C)c(C)cc2C)CC1. The molecule has 1 saturated heterocycles. The Morgan fingerprint density at radius 3 is 2.10 bits per heavy atom. The van der Waals surface area contributed by atoms with Crippen LogP contribution in [0.15, 0.2) is 12.1 Å². The smallest absolute Gasteiger partial charge is 0.254 e. The van der Waals surface area contributed by atoms with Gasteiger partial charge in [0, 0.05) is 38.7 Å². The topological polar surface area (TPSA) is 40.6 Å². The van der Waals surface area contributed by atoms with Gasteiger partial charge in [0.1, 0.15) is 0 Å². The van der Waals surface area contributed by atoms with Crippen molar-refractivity contribution in [2.45, 2.75) is 34.1 Å². The summed E-state index contributed by atoms with van der Waals surface area (Å²) in [6.07, 6.45) is 0.842. The van der Waals surface area contributed by atoms with Gasteiger partial charge in [0.15, 0.2) is 0 Å². The number of aryl methyl sites for hydroxylation is 3. The van der Waals surface area contributed by atoms with E-state index in [2.05, 4.69) is 13.0 Å². The lowest BCUT2D eigenvalue weighted by molar-refractivity contribution is -0.128. The molecule has 0 radical (unpaired) electrons. The van der Waals surface area contributed by atoms with Crippen molar-refractivity contribution < 1.29 is 9.59 Å². The van der Waals surface area contributed by atoms with E-state index >= 15 is 0 Å². The third-order valence-corrected chi connectivity index (χ3v) is 4.30. The van der Waals surface area contributed by atoms with Crippen molar-refractivity contribution in [3.05, 3.63) is 34.4 Å². The van der Waals surface area contributed by atoms with E-state index in [1.807, 2.05) is 29.7 Å². The van der Waals surface area contributed by atoms with Gasteiger partial charge in [0.25, 0.3) is 5.91 Å². The highest BCUT2D eigenvalue weighted by Gasteiger charge is 2.22. The molecule has 1 aliphatic rings. The number of hydrogen-bond donors (Lipinski definition) is 0. The van der Waals surface area contributed by atoms with E-state index in [1.165, 1.54) is 5.56 Å². The number of rotatable bonds is 1. The van der Waals surface area contributed by atoms with Gasteiger partial charge in [0.2, 0.25) is 5.91 Å². The van der Waals surface area contributed by atoms with E-state index in [-0.39, 0.29) is 11.8 Å². The molecule has 0 aliphatic carbocycles. The largest absolute Gasteiger partial charge is 0.341 e. The van der Waals surface area contributed by atoms with Crippen molar-refractivity contribution in [1.29, 1.82) is 0 Å². The van der Waals surface area contributed by atoms with Crippen LogP contribution in [0.1, 0.15) is 40.4 Å². The number of carbonyl (C=O) groups is 2. The van der Waals surface area contributed by atoms with E-state index in [4.69, 9.17) is 0 Å². The molecule has 4 heteroatoms. The average Bonchev–Trinajstić information content (AvgIpc) is 2.68. The van der Waals surface area contributed by atoms with Crippen LogP contribution in [0.4, 0.5) is 0 Å². The van der Waals surface area contributed by atoms with Crippen molar-refractivity contribution in [3.8, 4) is 0 Å². The molecule has 114 valence electrons. The van der Waals surface area contributed by atoms with Crippen LogP contribution < -0.4 is 0 Å². The van der Waals surface area contributed by atoms with Gasteiger partial charge in [-0.3, -0.25) is 9.59 Å². The number of carbonyl (C=O) groups excluding carboxylic acids is 2. The van der Waals surface area contributed by atoms with Crippen LogP contribution in [0.25, 0.3) is 0 Å². The van der Waals surface area contributed by atoms with Crippen LogP contribution in [-0.4, -0.2) is 47.8 Å². The maximum atomic E-state index is 12.7. The zero-order valence-electron chi connectivity index (χ0n) is 13.4. The van der Waals surface area contributed by atoms with Crippen LogP contribution in [0.2, 0.25) is 0 Å². The first-order chi connectivity index (χ1) is 9.90. The van der Waals surface area contributed by atoms with E-state index in [1.54, 1.807) is 6.92 Å². The molecule has 0 saturated carbocycles. The van der Waals surface area contributed by atoms with Crippen molar-refractivity contribution >= 4 is 11.8 Å². The summed E-state index contributed by atoms with van der Waals surface area (Å²) < 4.78 is 0. The lowest BCUT2D eigenvalue weighted by Gasteiger charge is -2.22. The van der Waals surface area contributed by atoms with Gasteiger partial charge in [0.05, 0.1) is 0 Å². The lowest BCUT2D eigenvalue weighted by Crippen LogP contribution is -2.36. The molecule has 0 spiro atoms. The van der Waals surface area contributed by atoms with Gasteiger partial charge >= 0.3 is 0 Å². The monoisotopic (exact) mass is 288 g/mol. The summed E-state index contributed by atoms with van der Waals surface area (Å²) >= 11 is 0. The highest BCUT2D eigenvalue weighted by Crippen LogP contribution is 2.18. The fourth-order valence-corrected chi connectivity index (χ4v) is 2.80. The predicted molar refractivity (Wildman–Crippen MR) is 83.4 cm³/mol. The van der Waals surface area contributed by atoms with Crippen molar-refractivity contribution in [2.24, 2.45) is 0 Å². The van der Waals surface area contributed by atoms with E-state index in [0.29, 0.717) is 13.1 Å². The predicted octanol–water partition coefficient (Wildman–Crippen LogP) is 2.31. The Morgan fingerprint density at radius 2 is 1.43 bits per heavy atom. The summed E-state index contributed by atoms with van der Waals surface area (Å²) in [6.45, 7) is 10.4. The van der Waals surface area contributed by atoms with Gasteiger partial charge in [-0.05, 0) is 49.9 Å². The summed E-state index contributed by atoms with van der Waals surface area (Å²) in [7, 11) is 0. The minimum Gasteiger partial charge on any atom is -0.341 e. The Kier molecular flexibility index (Phi) is 4.66. The van der Waals surface area contributed by atoms with Gasteiger partial charge in [-0.25, -0.2) is 0 Å². The van der Waals surface area contributed by atoms with Crippen LogP contribution in [0, 0.1) is 20.8 Å². The molecule has 1 aliphatic heterocycles. The summed E-state index contributed by atoms with van der Waals surface area (Å²) in [5, 5.41) is 0. The van der Waals surface area contributed by atoms with Crippen molar-refractivity contribution in [3.63, 3.8) is 0 Å². The summed E-state index contributed by atoms with van der Waals surface area (Å²) in [5.74, 6) is 0.174. The molecule has 21 heavy (non-hydrogen) atoms. The standard InChI is InChI=1S/C17H24N2O2/c1-12-10-14(3)16(11-13(12)2)17(21)19-7-5-6-18(8-9-19)15(4)20/h10-11H,5-9H2,1-4H3. The molecule has 1 aromatic rings. The fraction of sp³-hybridized carbons (Fsp3) is 0.529. The molecule has 2 rings (SSSR count). The third-order valence-electron chi connectivity index (χ3n) is 4.30. The first-order valence-corrected chi connectivity index (χ1v) is 7.53. The van der Waals surface area contributed by atoms with E-state index < -0.39 is 0 Å². The molecule has 2 amide bonds. The maximum absolute atomic E-state index is 12.7. The van der Waals surface area contributed by atoms with E-state index in [0.717, 1.165) is 36.2 Å². The molecule has 0 bridgehead atoms. The highest BCUT2D eigenvalue weighted by molar-refractivity contribution is 5.96. The number of hydrogen-bond acceptors (Lipinski definition) is 2. The van der Waals surface area contributed by atoms with Crippen molar-refractivity contribution in [1.82, 2.24) is 9.80 Å². The van der Waals surface area contributed by atoms with Gasteiger partial charge in [-0.15, -0.1) is 0 Å². The second-order valence-electron chi connectivity index (χ2n) is 5.90. The minimum atomic E-state index is 0.0843. The zero-order chi connectivity index (χ0) is 15.6. The Morgan fingerprint density at radius 1 is 0.857 bits per heavy atom. The summed E-state index contributed by atoms with van der Waals surface area (Å²) in [4.78, 5) is 27.9. The Hall–Kier alpha value is -1.84. The summed E-state index contributed by atoms with van der Waals surface area (Å²) in [6, 6.07) is 4.06. The summed E-state index contributed by atoms with van der Waals surface area (Å²) in [5.41, 5.74) is 4.16. The molecule has 1 fully saturated rings. The Labute approximate surface area is 126 Å². The lowest BCUT2D eigenvalue weighted by atomic mass is 10.00.